The second kappa shape index (κ2) is 6.71. The number of aromatic amines is 2. The number of para-hydroxylation sites is 2. The van der Waals surface area contributed by atoms with Crippen molar-refractivity contribution in [3.8, 4) is 0 Å². The Morgan fingerprint density at radius 1 is 1.32 bits per heavy atom. The van der Waals surface area contributed by atoms with Gasteiger partial charge in [-0.2, -0.15) is 5.10 Å². The molecule has 3 N–H and O–H groups in total. The van der Waals surface area contributed by atoms with E-state index in [2.05, 4.69) is 25.5 Å². The lowest BCUT2D eigenvalue weighted by atomic mass is 10.2. The van der Waals surface area contributed by atoms with Gasteiger partial charge in [-0.3, -0.25) is 14.6 Å². The maximum atomic E-state index is 12.1. The van der Waals surface area contributed by atoms with Crippen molar-refractivity contribution >= 4 is 16.9 Å². The molecule has 25 heavy (non-hydrogen) atoms. The molecule has 0 radical (unpaired) electrons. The van der Waals surface area contributed by atoms with Gasteiger partial charge in [0, 0.05) is 19.9 Å². The van der Waals surface area contributed by atoms with Crippen LogP contribution in [-0.2, 0) is 18.3 Å². The normalized spacial score (nSPS) is 12.2. The summed E-state index contributed by atoms with van der Waals surface area (Å²) in [5.41, 5.74) is 0.714. The van der Waals surface area contributed by atoms with E-state index < -0.39 is 11.2 Å². The average Bonchev–Trinajstić information content (AvgIpc) is 2.91. The highest BCUT2D eigenvalue weighted by atomic mass is 16.2. The van der Waals surface area contributed by atoms with E-state index in [0.29, 0.717) is 0 Å². The van der Waals surface area contributed by atoms with E-state index in [-0.39, 0.29) is 30.5 Å². The third-order valence-electron chi connectivity index (χ3n) is 3.96. The molecule has 1 unspecified atom stereocenters. The molecule has 0 aliphatic heterocycles. The molecule has 0 aliphatic carbocycles. The van der Waals surface area contributed by atoms with Gasteiger partial charge in [0.2, 0.25) is 5.91 Å². The van der Waals surface area contributed by atoms with Crippen molar-refractivity contribution < 1.29 is 4.79 Å². The minimum absolute atomic E-state index is 0.0798. The summed E-state index contributed by atoms with van der Waals surface area (Å²) in [4.78, 5) is 41.3. The molecule has 0 aliphatic rings. The summed E-state index contributed by atoms with van der Waals surface area (Å²) in [6.07, 6.45) is 0.212. The molecule has 3 aromatic rings. The maximum absolute atomic E-state index is 12.1. The number of imidazole rings is 1. The summed E-state index contributed by atoms with van der Waals surface area (Å²) in [5.74, 6) is 0.515. The second-order valence-electron chi connectivity index (χ2n) is 5.76. The monoisotopic (exact) mass is 342 g/mol. The van der Waals surface area contributed by atoms with Crippen LogP contribution < -0.4 is 16.6 Å². The first kappa shape index (κ1) is 16.6. The van der Waals surface area contributed by atoms with Gasteiger partial charge < -0.3 is 9.88 Å². The van der Waals surface area contributed by atoms with Crippen LogP contribution in [0.3, 0.4) is 0 Å². The Hall–Kier alpha value is -3.23. The number of amides is 1. The molecule has 3 rings (SSSR count). The lowest BCUT2D eigenvalue weighted by Crippen LogP contribution is -2.31. The fourth-order valence-electron chi connectivity index (χ4n) is 2.70. The molecule has 9 nitrogen and oxygen atoms in total. The van der Waals surface area contributed by atoms with Crippen LogP contribution in [0.5, 0.6) is 0 Å². The number of nitrogens with one attached hydrogen (secondary N) is 3. The van der Waals surface area contributed by atoms with Crippen LogP contribution in [0.1, 0.15) is 30.9 Å². The molecule has 1 aromatic carbocycles. The van der Waals surface area contributed by atoms with Crippen LogP contribution in [0.25, 0.3) is 11.0 Å². The Labute approximate surface area is 142 Å². The first-order valence-corrected chi connectivity index (χ1v) is 7.84. The number of carbonyl (C=O) groups excluding carboxylic acids is 1. The fraction of sp³-hybridized carbons (Fsp3) is 0.312. The topological polar surface area (TPSA) is 126 Å². The Morgan fingerprint density at radius 3 is 2.80 bits per heavy atom. The molecular formula is C16H18N6O3. The summed E-state index contributed by atoms with van der Waals surface area (Å²) in [6, 6.07) is 7.45. The van der Waals surface area contributed by atoms with Crippen LogP contribution in [0.4, 0.5) is 0 Å². The number of rotatable bonds is 5. The molecule has 0 saturated heterocycles. The summed E-state index contributed by atoms with van der Waals surface area (Å²) < 4.78 is 1.94. The van der Waals surface area contributed by atoms with Crippen LogP contribution in [0.15, 0.2) is 33.9 Å². The minimum atomic E-state index is -0.673. The van der Waals surface area contributed by atoms with Crippen molar-refractivity contribution in [1.29, 1.82) is 0 Å². The van der Waals surface area contributed by atoms with Crippen molar-refractivity contribution in [3.05, 3.63) is 56.6 Å². The molecule has 9 heteroatoms. The van der Waals surface area contributed by atoms with Gasteiger partial charge in [0.25, 0.3) is 5.56 Å². The number of carbonyl (C=O) groups is 1. The summed E-state index contributed by atoms with van der Waals surface area (Å²) in [6.45, 7) is 1.85. The van der Waals surface area contributed by atoms with E-state index >= 15 is 0 Å². The molecule has 1 atom stereocenters. The number of aryl methyl sites for hydroxylation is 2. The Bertz CT molecular complexity index is 1030. The lowest BCUT2D eigenvalue weighted by Gasteiger charge is -2.13. The van der Waals surface area contributed by atoms with Gasteiger partial charge in [0.05, 0.1) is 17.1 Å². The van der Waals surface area contributed by atoms with Crippen molar-refractivity contribution in [3.63, 3.8) is 0 Å². The summed E-state index contributed by atoms with van der Waals surface area (Å²) in [5, 5.41) is 8.66. The zero-order chi connectivity index (χ0) is 18.0. The number of hydrogen-bond acceptors (Lipinski definition) is 5. The summed E-state index contributed by atoms with van der Waals surface area (Å²) in [7, 11) is 1.90. The van der Waals surface area contributed by atoms with Crippen molar-refractivity contribution in [2.45, 2.75) is 25.8 Å². The highest BCUT2D eigenvalue weighted by molar-refractivity contribution is 5.78. The van der Waals surface area contributed by atoms with E-state index in [1.165, 1.54) is 0 Å². The van der Waals surface area contributed by atoms with Gasteiger partial charge in [0.15, 0.2) is 0 Å². The number of benzene rings is 1. The van der Waals surface area contributed by atoms with Crippen LogP contribution in [-0.4, -0.2) is 30.6 Å². The SMILES string of the molecule is CC(NC(=O)CCc1n[nH]c(=O)[nH]c1=O)c1nc2ccccc2n1C. The molecule has 0 spiro atoms. The predicted molar refractivity (Wildman–Crippen MR) is 91.1 cm³/mol. The zero-order valence-electron chi connectivity index (χ0n) is 13.9. The zero-order valence-corrected chi connectivity index (χ0v) is 13.9. The molecule has 130 valence electrons. The van der Waals surface area contributed by atoms with Gasteiger partial charge in [-0.25, -0.2) is 14.9 Å². The fourth-order valence-corrected chi connectivity index (χ4v) is 2.70. The van der Waals surface area contributed by atoms with Crippen molar-refractivity contribution in [2.75, 3.05) is 0 Å². The highest BCUT2D eigenvalue weighted by Gasteiger charge is 2.16. The number of aromatic nitrogens is 5. The molecule has 0 saturated carbocycles. The number of nitrogens with zero attached hydrogens (tertiary/aromatic N) is 3. The van der Waals surface area contributed by atoms with Gasteiger partial charge in [0.1, 0.15) is 11.5 Å². The van der Waals surface area contributed by atoms with E-state index in [0.717, 1.165) is 16.9 Å². The Kier molecular flexibility index (Phi) is 4.46. The molecule has 0 bridgehead atoms. The first-order chi connectivity index (χ1) is 12.0. The predicted octanol–water partition coefficient (Wildman–Crippen LogP) is 0.155. The number of fused-ring (bicyclic) bond motifs is 1. The quantitative estimate of drug-likeness (QED) is 0.609. The molecule has 1 amide bonds. The molecule has 0 fully saturated rings. The molecular weight excluding hydrogens is 324 g/mol. The van der Waals surface area contributed by atoms with E-state index in [1.54, 1.807) is 0 Å². The van der Waals surface area contributed by atoms with Crippen LogP contribution >= 0.6 is 0 Å². The van der Waals surface area contributed by atoms with E-state index in [9.17, 15) is 14.4 Å². The highest BCUT2D eigenvalue weighted by Crippen LogP contribution is 2.19. The third-order valence-corrected chi connectivity index (χ3v) is 3.96. The Morgan fingerprint density at radius 2 is 2.08 bits per heavy atom. The van der Waals surface area contributed by atoms with E-state index in [4.69, 9.17) is 0 Å². The van der Waals surface area contributed by atoms with Gasteiger partial charge in [-0.15, -0.1) is 0 Å². The third kappa shape index (κ3) is 3.49. The average molecular weight is 342 g/mol. The smallest absolute Gasteiger partial charge is 0.342 e. The number of hydrogen-bond donors (Lipinski definition) is 3. The number of H-pyrrole nitrogens is 2. The molecule has 2 aromatic heterocycles. The van der Waals surface area contributed by atoms with E-state index in [1.807, 2.05) is 42.8 Å². The van der Waals surface area contributed by atoms with Gasteiger partial charge in [-0.1, -0.05) is 12.1 Å². The van der Waals surface area contributed by atoms with Crippen LogP contribution in [0.2, 0.25) is 0 Å². The van der Waals surface area contributed by atoms with Crippen molar-refractivity contribution in [2.24, 2.45) is 7.05 Å². The second-order valence-corrected chi connectivity index (χ2v) is 5.76. The standard InChI is InChI=1S/C16H18N6O3/c1-9(14-18-10-5-3-4-6-12(10)22(14)2)17-13(23)8-7-11-15(24)19-16(25)21-20-11/h3-6,9H,7-8H2,1-2H3,(H,17,23)(H2,19,21,24,25). The largest absolute Gasteiger partial charge is 0.346 e. The maximum Gasteiger partial charge on any atom is 0.342 e. The van der Waals surface area contributed by atoms with Gasteiger partial charge in [-0.05, 0) is 19.1 Å². The lowest BCUT2D eigenvalue weighted by molar-refractivity contribution is -0.121. The first-order valence-electron chi connectivity index (χ1n) is 7.84. The van der Waals surface area contributed by atoms with Gasteiger partial charge >= 0.3 is 5.69 Å². The van der Waals surface area contributed by atoms with Crippen LogP contribution in [0, 0.1) is 0 Å². The molecule has 2 heterocycles. The summed E-state index contributed by atoms with van der Waals surface area (Å²) >= 11 is 0. The minimum Gasteiger partial charge on any atom is -0.346 e. The Balaban J connectivity index is 1.66. The van der Waals surface area contributed by atoms with Crippen molar-refractivity contribution in [1.82, 2.24) is 30.0 Å².